The molecule has 17 heavy (non-hydrogen) atoms. The van der Waals surface area contributed by atoms with E-state index in [1.807, 2.05) is 35.9 Å². The van der Waals surface area contributed by atoms with E-state index >= 15 is 0 Å². The molecule has 0 radical (unpaired) electrons. The average Bonchev–Trinajstić information content (AvgIpc) is 2.66. The number of nitrogens with two attached hydrogens (primary N) is 1. The van der Waals surface area contributed by atoms with E-state index < -0.39 is 0 Å². The molecule has 4 heteroatoms. The van der Waals surface area contributed by atoms with E-state index in [1.54, 1.807) is 0 Å². The summed E-state index contributed by atoms with van der Waals surface area (Å²) >= 11 is 0. The first-order valence-electron chi connectivity index (χ1n) is 5.99. The molecule has 0 saturated heterocycles. The van der Waals surface area contributed by atoms with Gasteiger partial charge in [0.05, 0.1) is 11.9 Å². The van der Waals surface area contributed by atoms with Crippen LogP contribution in [0.3, 0.4) is 0 Å². The summed E-state index contributed by atoms with van der Waals surface area (Å²) in [5.41, 5.74) is 7.28. The minimum absolute atomic E-state index is 0. The van der Waals surface area contributed by atoms with Crippen LogP contribution >= 0.6 is 0 Å². The Hall–Kier alpha value is -1.55. The van der Waals surface area contributed by atoms with Gasteiger partial charge in [-0.25, -0.2) is 4.98 Å². The molecule has 0 aromatic carbocycles. The molecule has 0 saturated carbocycles. The molecule has 0 bridgehead atoms. The molecule has 0 spiro atoms. The smallest absolute Gasteiger partial charge is 0.137 e. The standard InChI is InChI=1S/C10H13N3O.C3H8.H2/c1-8-6-13-7-9(14-5-4-11)2-3-10(13)12-8;1-3-2;/h2-3,6-7H,4-5,11H2,1H3;3H2,1-2H3;1H. The van der Waals surface area contributed by atoms with E-state index in [1.165, 1.54) is 6.42 Å². The summed E-state index contributed by atoms with van der Waals surface area (Å²) in [5, 5.41) is 0. The fourth-order valence-electron chi connectivity index (χ4n) is 1.36. The van der Waals surface area contributed by atoms with Crippen LogP contribution in [0.15, 0.2) is 24.5 Å². The predicted molar refractivity (Wildman–Crippen MR) is 72.6 cm³/mol. The number of nitrogens with zero attached hydrogens (tertiary/aromatic N) is 2. The van der Waals surface area contributed by atoms with E-state index in [-0.39, 0.29) is 1.43 Å². The Morgan fingerprint density at radius 3 is 2.71 bits per heavy atom. The zero-order chi connectivity index (χ0) is 12.7. The number of ether oxygens (including phenoxy) is 1. The normalized spacial score (nSPS) is 9.88. The van der Waals surface area contributed by atoms with Crippen LogP contribution in [0.2, 0.25) is 0 Å². The first-order chi connectivity index (χ1) is 8.21. The molecule has 0 aliphatic carbocycles. The van der Waals surface area contributed by atoms with Gasteiger partial charge in [0.2, 0.25) is 0 Å². The summed E-state index contributed by atoms with van der Waals surface area (Å²) in [6, 6.07) is 3.83. The van der Waals surface area contributed by atoms with E-state index in [9.17, 15) is 0 Å². The Kier molecular flexibility index (Phi) is 5.49. The highest BCUT2D eigenvalue weighted by Crippen LogP contribution is 2.13. The molecule has 2 aromatic rings. The van der Waals surface area contributed by atoms with Crippen LogP contribution in [0.5, 0.6) is 5.75 Å². The Bertz CT molecular complexity index is 456. The molecule has 0 unspecified atom stereocenters. The molecule has 0 amide bonds. The van der Waals surface area contributed by atoms with Gasteiger partial charge in [-0.15, -0.1) is 0 Å². The molecular formula is C13H23N3O. The van der Waals surface area contributed by atoms with Gasteiger partial charge in [0, 0.05) is 14.2 Å². The molecule has 4 nitrogen and oxygen atoms in total. The average molecular weight is 237 g/mol. The summed E-state index contributed by atoms with van der Waals surface area (Å²) in [6.45, 7) is 7.29. The zero-order valence-corrected chi connectivity index (χ0v) is 10.8. The molecule has 0 aliphatic heterocycles. The minimum Gasteiger partial charge on any atom is -0.491 e. The van der Waals surface area contributed by atoms with Crippen molar-refractivity contribution < 1.29 is 6.16 Å². The highest BCUT2D eigenvalue weighted by molar-refractivity contribution is 5.42. The maximum Gasteiger partial charge on any atom is 0.137 e. The van der Waals surface area contributed by atoms with Crippen molar-refractivity contribution in [3.63, 3.8) is 0 Å². The molecule has 2 heterocycles. The number of hydrogen-bond donors (Lipinski definition) is 1. The van der Waals surface area contributed by atoms with E-state index in [2.05, 4.69) is 18.8 Å². The van der Waals surface area contributed by atoms with Gasteiger partial charge >= 0.3 is 0 Å². The van der Waals surface area contributed by atoms with Crippen molar-refractivity contribution in [3.8, 4) is 5.75 Å². The summed E-state index contributed by atoms with van der Waals surface area (Å²) in [4.78, 5) is 4.32. The molecule has 0 fully saturated rings. The molecular weight excluding hydrogens is 214 g/mol. The SMILES string of the molecule is CCC.Cc1cn2cc(OCCN)ccc2n1.[HH]. The molecule has 2 rings (SSSR count). The van der Waals surface area contributed by atoms with Gasteiger partial charge in [0.15, 0.2) is 0 Å². The fraction of sp³-hybridized carbons (Fsp3) is 0.462. The number of aromatic nitrogens is 2. The van der Waals surface area contributed by atoms with Crippen molar-refractivity contribution >= 4 is 5.65 Å². The van der Waals surface area contributed by atoms with Crippen LogP contribution in [0, 0.1) is 6.92 Å². The summed E-state index contributed by atoms with van der Waals surface area (Å²) in [5.74, 6) is 0.820. The van der Waals surface area contributed by atoms with E-state index in [4.69, 9.17) is 10.5 Å². The van der Waals surface area contributed by atoms with Crippen molar-refractivity contribution in [1.29, 1.82) is 0 Å². The summed E-state index contributed by atoms with van der Waals surface area (Å²) in [7, 11) is 0. The second-order valence-electron chi connectivity index (χ2n) is 3.86. The molecule has 0 atom stereocenters. The molecule has 2 N–H and O–H groups in total. The highest BCUT2D eigenvalue weighted by Gasteiger charge is 1.98. The number of pyridine rings is 1. The number of hydrogen-bond acceptors (Lipinski definition) is 3. The quantitative estimate of drug-likeness (QED) is 0.892. The van der Waals surface area contributed by atoms with Crippen molar-refractivity contribution in [2.24, 2.45) is 5.73 Å². The van der Waals surface area contributed by atoms with Crippen LogP contribution in [-0.2, 0) is 0 Å². The second kappa shape index (κ2) is 6.91. The number of fused-ring (bicyclic) bond motifs is 1. The third-order valence-corrected chi connectivity index (χ3v) is 1.93. The Morgan fingerprint density at radius 1 is 1.35 bits per heavy atom. The first-order valence-corrected chi connectivity index (χ1v) is 5.99. The van der Waals surface area contributed by atoms with Gasteiger partial charge < -0.3 is 14.9 Å². The lowest BCUT2D eigenvalue weighted by Crippen LogP contribution is -2.10. The van der Waals surface area contributed by atoms with Crippen LogP contribution < -0.4 is 10.5 Å². The van der Waals surface area contributed by atoms with Crippen molar-refractivity contribution in [2.45, 2.75) is 27.2 Å². The summed E-state index contributed by atoms with van der Waals surface area (Å²) in [6.07, 6.45) is 5.12. The van der Waals surface area contributed by atoms with Crippen molar-refractivity contribution in [2.75, 3.05) is 13.2 Å². The summed E-state index contributed by atoms with van der Waals surface area (Å²) < 4.78 is 7.34. The number of aryl methyl sites for hydroxylation is 1. The van der Waals surface area contributed by atoms with Crippen LogP contribution in [-0.4, -0.2) is 22.5 Å². The Morgan fingerprint density at radius 2 is 2.06 bits per heavy atom. The highest BCUT2D eigenvalue weighted by atomic mass is 16.5. The van der Waals surface area contributed by atoms with Crippen LogP contribution in [0.4, 0.5) is 0 Å². The minimum atomic E-state index is 0. The lowest BCUT2D eigenvalue weighted by atomic mass is 10.4. The van der Waals surface area contributed by atoms with E-state index in [0.29, 0.717) is 13.2 Å². The molecule has 0 aliphatic rings. The van der Waals surface area contributed by atoms with Crippen LogP contribution in [0.1, 0.15) is 27.4 Å². The number of rotatable bonds is 3. The van der Waals surface area contributed by atoms with Gasteiger partial charge in [-0.1, -0.05) is 20.3 Å². The molecule has 2 aromatic heterocycles. The van der Waals surface area contributed by atoms with Gasteiger partial charge in [-0.3, -0.25) is 0 Å². The maximum absolute atomic E-state index is 5.40. The Labute approximate surface area is 104 Å². The fourth-order valence-corrected chi connectivity index (χ4v) is 1.36. The predicted octanol–water partition coefficient (Wildman–Crippen LogP) is 2.64. The van der Waals surface area contributed by atoms with Crippen molar-refractivity contribution in [3.05, 3.63) is 30.2 Å². The van der Waals surface area contributed by atoms with Gasteiger partial charge in [0.25, 0.3) is 0 Å². The van der Waals surface area contributed by atoms with Gasteiger partial charge in [-0.2, -0.15) is 0 Å². The topological polar surface area (TPSA) is 52.5 Å². The lowest BCUT2D eigenvalue weighted by Gasteiger charge is -2.03. The largest absolute Gasteiger partial charge is 0.491 e. The molecule has 96 valence electrons. The van der Waals surface area contributed by atoms with Crippen molar-refractivity contribution in [1.82, 2.24) is 9.38 Å². The number of imidazole rings is 1. The zero-order valence-electron chi connectivity index (χ0n) is 10.8. The first kappa shape index (κ1) is 13.5. The monoisotopic (exact) mass is 237 g/mol. The lowest BCUT2D eigenvalue weighted by molar-refractivity contribution is 0.326. The van der Waals surface area contributed by atoms with Crippen LogP contribution in [0.25, 0.3) is 5.65 Å². The second-order valence-corrected chi connectivity index (χ2v) is 3.86. The van der Waals surface area contributed by atoms with Gasteiger partial charge in [-0.05, 0) is 19.1 Å². The maximum atomic E-state index is 5.40. The third-order valence-electron chi connectivity index (χ3n) is 1.93. The van der Waals surface area contributed by atoms with E-state index in [0.717, 1.165) is 17.1 Å². The third kappa shape index (κ3) is 4.07. The van der Waals surface area contributed by atoms with Gasteiger partial charge in [0.1, 0.15) is 18.0 Å². The Balaban J connectivity index is 0.000000660.